The standard InChI is InChI=1S/C19H24ClN3O2S/c1-19(2)15(11-22-16-10-13(20)6-9-17(16)25-3)18(19)12-4-7-14(8-5-12)23-26(21)24/h4-10,15,18,22-23H,11,21H2,1-3H3/t15?,18-,26?/m0/s1. The summed E-state index contributed by atoms with van der Waals surface area (Å²) in [4.78, 5) is 0. The van der Waals surface area contributed by atoms with E-state index in [1.807, 2.05) is 30.3 Å². The molecule has 0 aromatic heterocycles. The van der Waals surface area contributed by atoms with Crippen LogP contribution < -0.4 is 19.9 Å². The molecule has 1 fully saturated rings. The van der Waals surface area contributed by atoms with Crippen LogP contribution in [0.25, 0.3) is 0 Å². The monoisotopic (exact) mass is 393 g/mol. The fourth-order valence-electron chi connectivity index (χ4n) is 3.70. The van der Waals surface area contributed by atoms with Crippen molar-refractivity contribution in [2.24, 2.45) is 16.5 Å². The first-order valence-corrected chi connectivity index (χ1v) is 10.0. The Hall–Kier alpha value is -1.76. The average Bonchev–Trinajstić information content (AvgIpc) is 3.14. The van der Waals surface area contributed by atoms with Crippen LogP contribution in [0.1, 0.15) is 25.3 Å². The summed E-state index contributed by atoms with van der Waals surface area (Å²) in [6, 6.07) is 13.5. The highest BCUT2D eigenvalue weighted by Crippen LogP contribution is 2.64. The summed E-state index contributed by atoms with van der Waals surface area (Å²) in [5.74, 6) is 1.74. The molecule has 140 valence electrons. The lowest BCUT2D eigenvalue weighted by Gasteiger charge is -2.12. The Balaban J connectivity index is 1.68. The average molecular weight is 394 g/mol. The molecule has 0 saturated heterocycles. The van der Waals surface area contributed by atoms with Gasteiger partial charge in [0.1, 0.15) is 5.75 Å². The number of anilines is 2. The van der Waals surface area contributed by atoms with E-state index in [4.69, 9.17) is 21.5 Å². The third-order valence-electron chi connectivity index (χ3n) is 5.21. The van der Waals surface area contributed by atoms with Crippen molar-refractivity contribution in [1.29, 1.82) is 0 Å². The number of nitrogens with one attached hydrogen (secondary N) is 2. The number of hydrogen-bond donors (Lipinski definition) is 3. The first-order chi connectivity index (χ1) is 12.3. The SMILES string of the molecule is COc1ccc(Cl)cc1NCC1[C@H](c2ccc(NS(N)=O)cc2)C1(C)C. The minimum absolute atomic E-state index is 0.199. The quantitative estimate of drug-likeness (QED) is 0.661. The zero-order chi connectivity index (χ0) is 18.9. The molecule has 0 bridgehead atoms. The Kier molecular flexibility index (Phi) is 5.46. The number of rotatable bonds is 7. The molecular weight excluding hydrogens is 370 g/mol. The molecule has 4 N–H and O–H groups in total. The van der Waals surface area contributed by atoms with Crippen molar-refractivity contribution in [2.75, 3.05) is 23.7 Å². The maximum absolute atomic E-state index is 11.0. The van der Waals surface area contributed by atoms with Gasteiger partial charge in [0, 0.05) is 17.3 Å². The Labute approximate surface area is 162 Å². The van der Waals surface area contributed by atoms with Gasteiger partial charge in [-0.1, -0.05) is 37.6 Å². The summed E-state index contributed by atoms with van der Waals surface area (Å²) in [7, 11) is 1.66. The smallest absolute Gasteiger partial charge is 0.190 e. The highest BCUT2D eigenvalue weighted by atomic mass is 35.5. The lowest BCUT2D eigenvalue weighted by atomic mass is 10.0. The fourth-order valence-corrected chi connectivity index (χ4v) is 4.24. The van der Waals surface area contributed by atoms with E-state index in [1.165, 1.54) is 5.56 Å². The lowest BCUT2D eigenvalue weighted by molar-refractivity contribution is 0.416. The molecule has 1 aliphatic carbocycles. The van der Waals surface area contributed by atoms with E-state index in [1.54, 1.807) is 7.11 Å². The molecular formula is C19H24ClN3O2S. The van der Waals surface area contributed by atoms with Crippen LogP contribution in [0.4, 0.5) is 11.4 Å². The van der Waals surface area contributed by atoms with Gasteiger partial charge in [-0.25, -0.2) is 9.35 Å². The molecule has 0 heterocycles. The second kappa shape index (κ2) is 7.47. The number of ether oxygens (including phenoxy) is 1. The second-order valence-corrected chi connectivity index (χ2v) is 8.39. The minimum atomic E-state index is -1.55. The third kappa shape index (κ3) is 3.98. The lowest BCUT2D eigenvalue weighted by Crippen LogP contribution is -2.12. The number of hydrogen-bond acceptors (Lipinski definition) is 3. The highest BCUT2D eigenvalue weighted by molar-refractivity contribution is 7.84. The van der Waals surface area contributed by atoms with Crippen molar-refractivity contribution in [1.82, 2.24) is 0 Å². The molecule has 0 amide bonds. The van der Waals surface area contributed by atoms with Crippen LogP contribution in [0.3, 0.4) is 0 Å². The van der Waals surface area contributed by atoms with Gasteiger partial charge in [0.05, 0.1) is 12.8 Å². The van der Waals surface area contributed by atoms with Crippen LogP contribution in [-0.4, -0.2) is 17.9 Å². The Bertz CT molecular complexity index is 811. The molecule has 3 rings (SSSR count). The molecule has 0 radical (unpaired) electrons. The van der Waals surface area contributed by atoms with Crippen molar-refractivity contribution in [3.05, 3.63) is 53.1 Å². The second-order valence-electron chi connectivity index (χ2n) is 7.15. The van der Waals surface area contributed by atoms with E-state index in [2.05, 4.69) is 36.0 Å². The van der Waals surface area contributed by atoms with Crippen LogP contribution in [0.15, 0.2) is 42.5 Å². The molecule has 7 heteroatoms. The Morgan fingerprint density at radius 3 is 2.54 bits per heavy atom. The van der Waals surface area contributed by atoms with Gasteiger partial charge < -0.3 is 10.1 Å². The molecule has 1 aliphatic rings. The maximum atomic E-state index is 11.0. The van der Waals surface area contributed by atoms with Crippen LogP contribution in [0.5, 0.6) is 5.75 Å². The van der Waals surface area contributed by atoms with E-state index in [0.29, 0.717) is 16.9 Å². The van der Waals surface area contributed by atoms with E-state index in [9.17, 15) is 4.21 Å². The molecule has 3 atom stereocenters. The van der Waals surface area contributed by atoms with Crippen molar-refractivity contribution in [3.8, 4) is 5.75 Å². The van der Waals surface area contributed by atoms with Crippen LogP contribution in [0.2, 0.25) is 5.02 Å². The molecule has 2 unspecified atom stereocenters. The van der Waals surface area contributed by atoms with E-state index < -0.39 is 11.2 Å². The van der Waals surface area contributed by atoms with Gasteiger partial charge >= 0.3 is 0 Å². The minimum Gasteiger partial charge on any atom is -0.495 e. The third-order valence-corrected chi connectivity index (χ3v) is 5.88. The molecule has 26 heavy (non-hydrogen) atoms. The zero-order valence-corrected chi connectivity index (χ0v) is 16.7. The van der Waals surface area contributed by atoms with Crippen molar-refractivity contribution >= 4 is 34.1 Å². The van der Waals surface area contributed by atoms with E-state index in [-0.39, 0.29) is 5.41 Å². The van der Waals surface area contributed by atoms with Crippen molar-refractivity contribution < 1.29 is 8.95 Å². The summed E-state index contributed by atoms with van der Waals surface area (Å²) < 4.78 is 19.1. The summed E-state index contributed by atoms with van der Waals surface area (Å²) in [6.07, 6.45) is 0. The Morgan fingerprint density at radius 1 is 1.23 bits per heavy atom. The maximum Gasteiger partial charge on any atom is 0.190 e. The number of benzene rings is 2. The summed E-state index contributed by atoms with van der Waals surface area (Å²) >= 11 is 4.55. The number of nitrogens with two attached hydrogens (primary N) is 1. The first kappa shape index (κ1) is 19.0. The van der Waals surface area contributed by atoms with Gasteiger partial charge in [0.15, 0.2) is 11.2 Å². The van der Waals surface area contributed by atoms with Crippen LogP contribution in [0, 0.1) is 11.3 Å². The molecule has 2 aromatic carbocycles. The van der Waals surface area contributed by atoms with Gasteiger partial charge in [-0.15, -0.1) is 0 Å². The normalized spacial score (nSPS) is 21.7. The zero-order valence-electron chi connectivity index (χ0n) is 15.1. The van der Waals surface area contributed by atoms with Gasteiger partial charge in [0.2, 0.25) is 0 Å². The molecule has 0 spiro atoms. The van der Waals surface area contributed by atoms with E-state index >= 15 is 0 Å². The number of methoxy groups -OCH3 is 1. The van der Waals surface area contributed by atoms with Crippen LogP contribution in [-0.2, 0) is 11.2 Å². The summed E-state index contributed by atoms with van der Waals surface area (Å²) in [5.41, 5.74) is 3.13. The summed E-state index contributed by atoms with van der Waals surface area (Å²) in [6.45, 7) is 5.39. The topological polar surface area (TPSA) is 76.4 Å². The first-order valence-electron chi connectivity index (χ1n) is 8.43. The van der Waals surface area contributed by atoms with Crippen molar-refractivity contribution in [2.45, 2.75) is 19.8 Å². The van der Waals surface area contributed by atoms with Gasteiger partial charge in [0.25, 0.3) is 0 Å². The van der Waals surface area contributed by atoms with Gasteiger partial charge in [-0.3, -0.25) is 4.72 Å². The Morgan fingerprint density at radius 2 is 1.92 bits per heavy atom. The van der Waals surface area contributed by atoms with Crippen molar-refractivity contribution in [3.63, 3.8) is 0 Å². The predicted octanol–water partition coefficient (Wildman–Crippen LogP) is 4.15. The van der Waals surface area contributed by atoms with Gasteiger partial charge in [-0.05, 0) is 53.1 Å². The molecule has 5 nitrogen and oxygen atoms in total. The fraction of sp³-hybridized carbons (Fsp3) is 0.368. The molecule has 1 saturated carbocycles. The van der Waals surface area contributed by atoms with Crippen LogP contribution >= 0.6 is 11.6 Å². The largest absolute Gasteiger partial charge is 0.495 e. The molecule has 2 aromatic rings. The predicted molar refractivity (Wildman–Crippen MR) is 109 cm³/mol. The number of halogens is 1. The van der Waals surface area contributed by atoms with E-state index in [0.717, 1.165) is 23.7 Å². The van der Waals surface area contributed by atoms with Gasteiger partial charge in [-0.2, -0.15) is 0 Å². The molecule has 0 aliphatic heterocycles. The highest BCUT2D eigenvalue weighted by Gasteiger charge is 2.57. The summed E-state index contributed by atoms with van der Waals surface area (Å²) in [5, 5.41) is 9.42.